The summed E-state index contributed by atoms with van der Waals surface area (Å²) in [6.45, 7) is -0.105. The van der Waals surface area contributed by atoms with E-state index in [1.165, 1.54) is 7.11 Å². The van der Waals surface area contributed by atoms with Crippen molar-refractivity contribution in [3.8, 4) is 5.75 Å². The number of carbonyl (C=O) groups is 4. The van der Waals surface area contributed by atoms with Crippen LogP contribution in [0.25, 0.3) is 0 Å². The molecule has 1 atom stereocenters. The molecule has 4 rings (SSSR count). The van der Waals surface area contributed by atoms with Crippen LogP contribution in [0, 0.1) is 0 Å². The molecule has 2 aliphatic heterocycles. The van der Waals surface area contributed by atoms with Gasteiger partial charge in [0.1, 0.15) is 5.75 Å². The first kappa shape index (κ1) is 19.0. The van der Waals surface area contributed by atoms with Gasteiger partial charge in [-0.05, 0) is 36.0 Å². The topological polar surface area (TPSA) is 96.0 Å². The quantitative estimate of drug-likeness (QED) is 0.729. The number of amides is 4. The van der Waals surface area contributed by atoms with Crippen LogP contribution in [0.2, 0.25) is 0 Å². The summed E-state index contributed by atoms with van der Waals surface area (Å²) in [5.41, 5.74) is 1.26. The van der Waals surface area contributed by atoms with Crippen LogP contribution in [-0.4, -0.2) is 58.3 Å². The van der Waals surface area contributed by atoms with Crippen LogP contribution in [-0.2, 0) is 4.79 Å². The van der Waals surface area contributed by atoms with Crippen molar-refractivity contribution in [2.45, 2.75) is 5.37 Å². The zero-order chi connectivity index (χ0) is 20.5. The van der Waals surface area contributed by atoms with Crippen LogP contribution in [0.15, 0.2) is 48.5 Å². The number of rotatable bonds is 6. The number of thioether (sulfide) groups is 1. The van der Waals surface area contributed by atoms with Gasteiger partial charge in [0.2, 0.25) is 0 Å². The average Bonchev–Trinajstić information content (AvgIpc) is 3.14. The monoisotopic (exact) mass is 411 g/mol. The fourth-order valence-electron chi connectivity index (χ4n) is 3.29. The number of anilines is 1. The molecular formula is C20H17N3O5S. The Hall–Kier alpha value is -3.33. The molecular weight excluding hydrogens is 394 g/mol. The van der Waals surface area contributed by atoms with Crippen LogP contribution >= 0.6 is 11.8 Å². The summed E-state index contributed by atoms with van der Waals surface area (Å²) in [7, 11) is 1.52. The second kappa shape index (κ2) is 7.59. The molecule has 2 aliphatic rings. The Balaban J connectivity index is 1.43. The molecule has 1 saturated heterocycles. The lowest BCUT2D eigenvalue weighted by atomic mass is 10.1. The number of carbonyl (C=O) groups excluding carboxylic acids is 4. The van der Waals surface area contributed by atoms with Crippen molar-refractivity contribution in [2.75, 3.05) is 25.5 Å². The number of methoxy groups -OCH3 is 1. The second-order valence-electron chi connectivity index (χ2n) is 6.41. The molecule has 8 nitrogen and oxygen atoms in total. The van der Waals surface area contributed by atoms with Crippen LogP contribution in [0.4, 0.5) is 10.5 Å². The predicted molar refractivity (Wildman–Crippen MR) is 107 cm³/mol. The third kappa shape index (κ3) is 3.33. The van der Waals surface area contributed by atoms with Crippen molar-refractivity contribution in [3.05, 3.63) is 59.7 Å². The molecule has 4 amide bonds. The Morgan fingerprint density at radius 2 is 1.48 bits per heavy atom. The summed E-state index contributed by atoms with van der Waals surface area (Å²) in [5.74, 6) is -0.706. The van der Waals surface area contributed by atoms with Gasteiger partial charge in [0.15, 0.2) is 5.37 Å². The number of para-hydroxylation sites is 2. The van der Waals surface area contributed by atoms with E-state index >= 15 is 0 Å². The number of nitrogens with one attached hydrogen (secondary N) is 1. The summed E-state index contributed by atoms with van der Waals surface area (Å²) >= 11 is 0.850. The molecule has 0 spiro atoms. The Labute approximate surface area is 170 Å². The smallest absolute Gasteiger partial charge is 0.290 e. The number of fused-ring (bicyclic) bond motifs is 1. The molecule has 148 valence electrons. The molecule has 0 saturated carbocycles. The molecule has 0 radical (unpaired) electrons. The maximum atomic E-state index is 12.7. The highest BCUT2D eigenvalue weighted by Crippen LogP contribution is 2.32. The van der Waals surface area contributed by atoms with Gasteiger partial charge in [0.05, 0.1) is 23.9 Å². The van der Waals surface area contributed by atoms with E-state index in [4.69, 9.17) is 4.74 Å². The number of hydrogen-bond acceptors (Lipinski definition) is 7. The van der Waals surface area contributed by atoms with Crippen LogP contribution < -0.4 is 10.1 Å². The molecule has 1 fully saturated rings. The second-order valence-corrected chi connectivity index (χ2v) is 7.46. The van der Waals surface area contributed by atoms with Crippen molar-refractivity contribution in [2.24, 2.45) is 0 Å². The van der Waals surface area contributed by atoms with Gasteiger partial charge in [-0.1, -0.05) is 24.3 Å². The molecule has 29 heavy (non-hydrogen) atoms. The molecule has 2 heterocycles. The predicted octanol–water partition coefficient (Wildman–Crippen LogP) is 2.42. The maximum Gasteiger partial charge on any atom is 0.290 e. The number of hydrogen-bond donors (Lipinski definition) is 1. The minimum Gasteiger partial charge on any atom is -0.495 e. The highest BCUT2D eigenvalue weighted by molar-refractivity contribution is 8.15. The lowest BCUT2D eigenvalue weighted by Gasteiger charge is -2.19. The van der Waals surface area contributed by atoms with Crippen molar-refractivity contribution >= 4 is 40.4 Å². The third-order valence-corrected chi connectivity index (χ3v) is 5.73. The van der Waals surface area contributed by atoms with Crippen molar-refractivity contribution in [1.29, 1.82) is 0 Å². The minimum absolute atomic E-state index is 0.0498. The van der Waals surface area contributed by atoms with Gasteiger partial charge in [0, 0.05) is 13.1 Å². The Bertz CT molecular complexity index is 990. The van der Waals surface area contributed by atoms with Gasteiger partial charge >= 0.3 is 0 Å². The van der Waals surface area contributed by atoms with E-state index in [9.17, 15) is 19.2 Å². The summed E-state index contributed by atoms with van der Waals surface area (Å²) in [6, 6.07) is 13.6. The highest BCUT2D eigenvalue weighted by Gasteiger charge is 2.41. The summed E-state index contributed by atoms with van der Waals surface area (Å²) in [4.78, 5) is 52.0. The third-order valence-electron chi connectivity index (χ3n) is 4.75. The van der Waals surface area contributed by atoms with E-state index in [2.05, 4.69) is 5.32 Å². The van der Waals surface area contributed by atoms with Gasteiger partial charge in [0.25, 0.3) is 23.0 Å². The number of benzene rings is 2. The normalized spacial score (nSPS) is 18.4. The highest BCUT2D eigenvalue weighted by atomic mass is 32.2. The van der Waals surface area contributed by atoms with Gasteiger partial charge in [-0.15, -0.1) is 0 Å². The lowest BCUT2D eigenvalue weighted by Crippen LogP contribution is -2.41. The zero-order valence-electron chi connectivity index (χ0n) is 15.5. The summed E-state index contributed by atoms with van der Waals surface area (Å²) in [5, 5.41) is 1.77. The molecule has 2 aromatic carbocycles. The minimum atomic E-state index is -0.805. The fourth-order valence-corrected chi connectivity index (χ4v) is 4.21. The van der Waals surface area contributed by atoms with E-state index in [0.29, 0.717) is 22.6 Å². The lowest BCUT2D eigenvalue weighted by molar-refractivity contribution is -0.126. The number of ether oxygens (including phenoxy) is 1. The van der Waals surface area contributed by atoms with Crippen LogP contribution in [0.3, 0.4) is 0 Å². The first-order valence-electron chi connectivity index (χ1n) is 8.88. The first-order chi connectivity index (χ1) is 14.0. The molecule has 0 aliphatic carbocycles. The standard InChI is InChI=1S/C20H17N3O5S/c1-28-15-9-5-4-8-14(15)21-16-19(26)23(20(27)29-16)11-10-22-17(24)12-6-2-3-7-13(12)18(22)25/h2-9,16,21H,10-11H2,1H3/t16-/m0/s1. The van der Waals surface area contributed by atoms with Crippen LogP contribution in [0.5, 0.6) is 5.75 Å². The zero-order valence-corrected chi connectivity index (χ0v) is 16.3. The van der Waals surface area contributed by atoms with Crippen LogP contribution in [0.1, 0.15) is 20.7 Å². The van der Waals surface area contributed by atoms with E-state index in [1.807, 2.05) is 0 Å². The van der Waals surface area contributed by atoms with Gasteiger partial charge < -0.3 is 10.1 Å². The fraction of sp³-hybridized carbons (Fsp3) is 0.200. The van der Waals surface area contributed by atoms with E-state index in [-0.39, 0.29) is 13.1 Å². The molecule has 0 bridgehead atoms. The molecule has 2 aromatic rings. The largest absolute Gasteiger partial charge is 0.495 e. The van der Waals surface area contributed by atoms with Gasteiger partial charge in [-0.3, -0.25) is 29.0 Å². The molecule has 1 N–H and O–H groups in total. The van der Waals surface area contributed by atoms with Crippen molar-refractivity contribution < 1.29 is 23.9 Å². The Morgan fingerprint density at radius 1 is 0.897 bits per heavy atom. The number of nitrogens with zero attached hydrogens (tertiary/aromatic N) is 2. The molecule has 0 unspecified atom stereocenters. The molecule has 9 heteroatoms. The number of imide groups is 2. The van der Waals surface area contributed by atoms with Crippen molar-refractivity contribution in [1.82, 2.24) is 9.80 Å². The van der Waals surface area contributed by atoms with E-state index < -0.39 is 28.3 Å². The summed E-state index contributed by atoms with van der Waals surface area (Å²) in [6.07, 6.45) is 0. The van der Waals surface area contributed by atoms with Crippen molar-refractivity contribution in [3.63, 3.8) is 0 Å². The summed E-state index contributed by atoms with van der Waals surface area (Å²) < 4.78 is 5.25. The molecule has 0 aromatic heterocycles. The average molecular weight is 411 g/mol. The van der Waals surface area contributed by atoms with E-state index in [0.717, 1.165) is 21.6 Å². The maximum absolute atomic E-state index is 12.7. The van der Waals surface area contributed by atoms with E-state index in [1.54, 1.807) is 48.5 Å². The first-order valence-corrected chi connectivity index (χ1v) is 9.76. The SMILES string of the molecule is COc1ccccc1N[C@H]1SC(=O)N(CCN2C(=O)c3ccccc3C2=O)C1=O. The Kier molecular flexibility index (Phi) is 4.98. The Morgan fingerprint density at radius 3 is 2.14 bits per heavy atom. The van der Waals surface area contributed by atoms with Gasteiger partial charge in [-0.2, -0.15) is 0 Å². The van der Waals surface area contributed by atoms with Gasteiger partial charge in [-0.25, -0.2) is 0 Å².